The number of fused-ring (bicyclic) bond motifs is 8. The fourth-order valence-electron chi connectivity index (χ4n) is 23.3. The fourth-order valence-corrected chi connectivity index (χ4v) is 23.3. The normalized spacial score (nSPS) is 22.8. The highest BCUT2D eigenvalue weighted by molar-refractivity contribution is 5.96. The molecule has 0 saturated heterocycles. The molecular weight excluding hydrogens is 1710 g/mol. The lowest BCUT2D eigenvalue weighted by Gasteiger charge is -2.41. The molecule has 3 N–H and O–H groups in total. The van der Waals surface area contributed by atoms with Gasteiger partial charge in [-0.15, -0.1) is 0 Å². The Morgan fingerprint density at radius 1 is 0.372 bits per heavy atom. The van der Waals surface area contributed by atoms with Crippen LogP contribution in [-0.2, 0) is 65.6 Å². The molecule has 3 fully saturated rings. The number of hydrogen-bond acceptors (Lipinski definition) is 12. The van der Waals surface area contributed by atoms with Gasteiger partial charge in [-0.3, -0.25) is 19.2 Å². The van der Waals surface area contributed by atoms with Crippen molar-refractivity contribution in [3.8, 4) is 0 Å². The van der Waals surface area contributed by atoms with Gasteiger partial charge in [-0.1, -0.05) is 165 Å². The summed E-state index contributed by atoms with van der Waals surface area (Å²) in [6, 6.07) is 43.6. The summed E-state index contributed by atoms with van der Waals surface area (Å²) in [4.78, 5) is 113. The molecule has 0 spiro atoms. The minimum atomic E-state index is -0.530. The van der Waals surface area contributed by atoms with Crippen molar-refractivity contribution in [1.82, 2.24) is 40.4 Å². The van der Waals surface area contributed by atoms with E-state index < -0.39 is 28.5 Å². The van der Waals surface area contributed by atoms with E-state index in [1.165, 1.54) is 89.1 Å². The third-order valence-corrected chi connectivity index (χ3v) is 29.5. The maximum Gasteiger partial charge on any atom is 0.410 e. The number of alkyl carbamates (subject to hydrolysis) is 3. The first-order chi connectivity index (χ1) is 64.9. The van der Waals surface area contributed by atoms with Gasteiger partial charge in [0.1, 0.15) is 22.4 Å². The van der Waals surface area contributed by atoms with Crippen molar-refractivity contribution >= 4 is 70.3 Å². The number of nitrogens with zero attached hydrogens (tertiary/aromatic N) is 5. The van der Waals surface area contributed by atoms with E-state index in [4.69, 9.17) is 18.9 Å². The quantitative estimate of drug-likeness (QED) is 0.0619. The Labute approximate surface area is 820 Å². The van der Waals surface area contributed by atoms with Crippen LogP contribution in [-0.4, -0.2) is 171 Å². The number of benzene rings is 5. The highest BCUT2D eigenvalue weighted by atomic mass is 16.6. The Hall–Kier alpha value is -9.98. The third-order valence-electron chi connectivity index (χ3n) is 29.5. The molecule has 4 aliphatic heterocycles. The lowest BCUT2D eigenvalue weighted by Crippen LogP contribution is -2.49. The monoisotopic (exact) mass is 1870 g/mol. The Morgan fingerprint density at radius 2 is 0.686 bits per heavy atom. The third kappa shape index (κ3) is 27.8. The number of rotatable bonds is 20. The first-order valence-corrected chi connectivity index (χ1v) is 52.3. The van der Waals surface area contributed by atoms with E-state index >= 15 is 0 Å². The molecule has 4 heterocycles. The summed E-state index contributed by atoms with van der Waals surface area (Å²) in [6.07, 6.45) is 23.2. The number of nitrogens with one attached hydrogen (secondary N) is 3. The summed E-state index contributed by atoms with van der Waals surface area (Å²) in [5.41, 5.74) is 22.7. The predicted molar refractivity (Wildman–Crippen MR) is 549 cm³/mol. The van der Waals surface area contributed by atoms with Gasteiger partial charge in [0.25, 0.3) is 5.91 Å². The zero-order valence-electron chi connectivity index (χ0n) is 86.9. The molecule has 16 rings (SSSR count). The van der Waals surface area contributed by atoms with Gasteiger partial charge in [-0.2, -0.15) is 0 Å². The summed E-state index contributed by atoms with van der Waals surface area (Å²) >= 11 is 0. The molecule has 8 amide bonds. The van der Waals surface area contributed by atoms with E-state index in [2.05, 4.69) is 188 Å². The summed E-state index contributed by atoms with van der Waals surface area (Å²) < 4.78 is 21.6. The lowest BCUT2D eigenvalue weighted by molar-refractivity contribution is -0.139. The van der Waals surface area contributed by atoms with E-state index in [0.29, 0.717) is 78.3 Å². The topological polar surface area (TPSA) is 226 Å². The molecule has 4 unspecified atom stereocenters. The van der Waals surface area contributed by atoms with Crippen molar-refractivity contribution in [3.05, 3.63) is 199 Å². The minimum Gasteiger partial charge on any atom is -0.444 e. The molecule has 0 radical (unpaired) electrons. The molecule has 4 atom stereocenters. The average molecular weight is 1870 g/mol. The molecule has 11 aliphatic rings. The van der Waals surface area contributed by atoms with Crippen LogP contribution in [0.1, 0.15) is 340 Å². The molecular formula is C117H164N8O12. The number of hydrogen-bond donors (Lipinski definition) is 3. The SMILES string of the molecule is CC(C)CC1C2=C(CCN1C(=O)C1CCC(CN(C)C(=O)OC(C)(C)C)CC1)c1ccccc1C2.CC(C)CC1C2=C(CCN1C(=O)C1CCC(NC(=O)OC(C)(C)C)CC1)c1ccccc1C2.CC(C)CC1C2=C(CCN1C(=O)CCC1CCC(NC(=O)OC(C)(C)C)CC1)c1ccccc1C2.CC(C)CC1C2=C(CCN1C(=O)c1ccc(CNC(=O)OC(C)(C)C)cc1)c1ccccc1C2. The van der Waals surface area contributed by atoms with Gasteiger partial charge in [0.2, 0.25) is 17.7 Å². The molecule has 0 aromatic heterocycles. The maximum absolute atomic E-state index is 13.8. The molecule has 20 heteroatoms. The van der Waals surface area contributed by atoms with Crippen molar-refractivity contribution in [2.75, 3.05) is 39.8 Å². The maximum atomic E-state index is 13.8. The summed E-state index contributed by atoms with van der Waals surface area (Å²) in [7, 11) is 1.82. The van der Waals surface area contributed by atoms with Gasteiger partial charge in [0.15, 0.2) is 0 Å². The van der Waals surface area contributed by atoms with Crippen molar-refractivity contribution in [2.45, 2.75) is 371 Å². The molecule has 5 aromatic rings. The molecule has 7 aliphatic carbocycles. The highest BCUT2D eigenvalue weighted by Crippen LogP contribution is 2.49. The lowest BCUT2D eigenvalue weighted by atomic mass is 9.80. The van der Waals surface area contributed by atoms with Crippen LogP contribution in [0, 0.1) is 47.3 Å². The second-order valence-corrected chi connectivity index (χ2v) is 46.8. The molecule has 0 bridgehead atoms. The van der Waals surface area contributed by atoms with Crippen molar-refractivity contribution in [1.29, 1.82) is 0 Å². The summed E-state index contributed by atoms with van der Waals surface area (Å²) in [5, 5.41) is 8.79. The fraction of sp³-hybridized carbons (Fsp3) is 0.607. The van der Waals surface area contributed by atoms with Gasteiger partial charge in [-0.25, -0.2) is 19.2 Å². The van der Waals surface area contributed by atoms with Gasteiger partial charge in [0, 0.05) is 82.2 Å². The van der Waals surface area contributed by atoms with Crippen LogP contribution in [0.25, 0.3) is 22.3 Å². The Balaban J connectivity index is 0.000000154. The first-order valence-electron chi connectivity index (χ1n) is 52.3. The molecule has 744 valence electrons. The van der Waals surface area contributed by atoms with Crippen LogP contribution >= 0.6 is 0 Å². The van der Waals surface area contributed by atoms with Gasteiger partial charge in [-0.05, 0) is 386 Å². The molecule has 137 heavy (non-hydrogen) atoms. The van der Waals surface area contributed by atoms with E-state index in [0.717, 1.165) is 192 Å². The van der Waals surface area contributed by atoms with Crippen molar-refractivity contribution in [2.24, 2.45) is 47.3 Å². The van der Waals surface area contributed by atoms with E-state index in [-0.39, 0.29) is 72.3 Å². The van der Waals surface area contributed by atoms with Crippen molar-refractivity contribution < 1.29 is 57.3 Å². The largest absolute Gasteiger partial charge is 0.444 e. The molecule has 3 saturated carbocycles. The predicted octanol–water partition coefficient (Wildman–Crippen LogP) is 24.5. The molecule has 5 aromatic carbocycles. The van der Waals surface area contributed by atoms with Gasteiger partial charge >= 0.3 is 24.4 Å². The van der Waals surface area contributed by atoms with E-state index in [1.807, 2.05) is 114 Å². The van der Waals surface area contributed by atoms with Crippen molar-refractivity contribution in [3.63, 3.8) is 0 Å². The Morgan fingerprint density at radius 3 is 1.05 bits per heavy atom. The Kier molecular flexibility index (Phi) is 34.7. The van der Waals surface area contributed by atoms with Crippen LogP contribution in [0.15, 0.2) is 144 Å². The van der Waals surface area contributed by atoms with Gasteiger partial charge < -0.3 is 59.4 Å². The van der Waals surface area contributed by atoms with Crippen LogP contribution < -0.4 is 16.0 Å². The highest BCUT2D eigenvalue weighted by Gasteiger charge is 2.45. The standard InChI is InChI=1S/2C30H44N2O3.C29H36N2O3.C28H40N2O3/c1-20(2)17-27-26-18-23-9-7-8-10-24(23)25(26)15-16-32(27)28(33)22-13-11-21(12-14-22)19-31(6)29(34)35-30(3,4)5;1-20(2)18-27-26-19-22-8-6-7-9-24(22)25(26)16-17-32(27)28(33)15-12-21-10-13-23(14-11-21)31-29(34)35-30(3,4)5;1-19(2)16-26-25-17-22-8-6-7-9-23(22)24(25)14-15-31(26)27(32)21-12-10-20(11-13-21)18-30-28(33)34-29(3,4)5;1-18(2)16-25-24-17-20-8-6-7-9-22(20)23(24)14-15-30(25)26(31)19-10-12-21(13-11-19)29-27(32)33-28(3,4)5/h7-10,20-22,27H,11-19H2,1-6H3;6-9,20-21,23,27H,10-19H2,1-5H3,(H,31,34);6-13,19,26H,14-18H2,1-5H3,(H,30,33);6-9,18-19,21,25H,10-17H2,1-5H3,(H,29,32). The second-order valence-electron chi connectivity index (χ2n) is 46.8. The number of ether oxygens (including phenoxy) is 4. The van der Waals surface area contributed by atoms with Crippen LogP contribution in [0.5, 0.6) is 0 Å². The molecule has 20 nitrogen and oxygen atoms in total. The zero-order valence-corrected chi connectivity index (χ0v) is 86.9. The summed E-state index contributed by atoms with van der Waals surface area (Å²) in [6.45, 7) is 44.8. The number of carbonyl (C=O) groups is 8. The van der Waals surface area contributed by atoms with Crippen LogP contribution in [0.2, 0.25) is 0 Å². The van der Waals surface area contributed by atoms with Gasteiger partial charge in [0.05, 0.1) is 24.2 Å². The van der Waals surface area contributed by atoms with Crippen LogP contribution in [0.4, 0.5) is 19.2 Å². The zero-order chi connectivity index (χ0) is 98.7. The summed E-state index contributed by atoms with van der Waals surface area (Å²) in [5.74, 6) is 4.39. The first kappa shape index (κ1) is 104. The minimum absolute atomic E-state index is 0.0577. The number of amides is 8. The second kappa shape index (κ2) is 45.5. The van der Waals surface area contributed by atoms with Crippen LogP contribution in [0.3, 0.4) is 0 Å². The smallest absolute Gasteiger partial charge is 0.410 e. The van der Waals surface area contributed by atoms with E-state index in [9.17, 15) is 38.4 Å². The number of carbonyl (C=O) groups excluding carboxylic acids is 8. The van der Waals surface area contributed by atoms with E-state index in [1.54, 1.807) is 4.90 Å². The Bertz CT molecular complexity index is 5210. The average Bonchev–Trinajstić information content (AvgIpc) is 1.63.